The molecular formula is C12H26. The van der Waals surface area contributed by atoms with E-state index in [1.165, 1.54) is 38.5 Å². The van der Waals surface area contributed by atoms with Gasteiger partial charge in [-0.3, -0.25) is 0 Å². The molecule has 0 aliphatic rings. The summed E-state index contributed by atoms with van der Waals surface area (Å²) >= 11 is 0. The summed E-state index contributed by atoms with van der Waals surface area (Å²) in [4.78, 5) is 0. The molecule has 0 nitrogen and oxygen atoms in total. The minimum absolute atomic E-state index is 0.937. The fraction of sp³-hybridized carbons (Fsp3) is 1.00. The largest absolute Gasteiger partial charge is 0.0654 e. The summed E-state index contributed by atoms with van der Waals surface area (Å²) in [7, 11) is 0. The predicted molar refractivity (Wildman–Crippen MR) is 57.4 cm³/mol. The van der Waals surface area contributed by atoms with E-state index in [-0.39, 0.29) is 0 Å². The van der Waals surface area contributed by atoms with Crippen LogP contribution in [0.3, 0.4) is 0 Å². The maximum Gasteiger partial charge on any atom is -0.0417 e. The van der Waals surface area contributed by atoms with Crippen molar-refractivity contribution in [1.29, 1.82) is 0 Å². The zero-order chi connectivity index (χ0) is 9.40. The summed E-state index contributed by atoms with van der Waals surface area (Å²) in [5.41, 5.74) is 0. The topological polar surface area (TPSA) is 0 Å². The van der Waals surface area contributed by atoms with Crippen molar-refractivity contribution in [3.8, 4) is 0 Å². The zero-order valence-corrected chi connectivity index (χ0v) is 9.40. The van der Waals surface area contributed by atoms with Gasteiger partial charge in [0.05, 0.1) is 0 Å². The molecule has 74 valence electrons. The second-order valence-electron chi connectivity index (χ2n) is 4.24. The molecule has 0 heteroatoms. The number of unbranched alkanes of at least 4 members (excludes halogenated alkanes) is 2. The van der Waals surface area contributed by atoms with Crippen LogP contribution in [0.15, 0.2) is 0 Å². The van der Waals surface area contributed by atoms with Crippen LogP contribution in [0.4, 0.5) is 0 Å². The van der Waals surface area contributed by atoms with Crippen molar-refractivity contribution in [3.05, 3.63) is 0 Å². The van der Waals surface area contributed by atoms with Crippen LogP contribution in [0.1, 0.15) is 66.2 Å². The highest BCUT2D eigenvalue weighted by molar-refractivity contribution is 4.61. The van der Waals surface area contributed by atoms with Crippen LogP contribution in [-0.4, -0.2) is 0 Å². The van der Waals surface area contributed by atoms with Gasteiger partial charge in [0.25, 0.3) is 0 Å². The van der Waals surface area contributed by atoms with Gasteiger partial charge in [-0.1, -0.05) is 66.2 Å². The van der Waals surface area contributed by atoms with Crippen LogP contribution < -0.4 is 0 Å². The molecule has 0 saturated heterocycles. The Labute approximate surface area is 78.8 Å². The summed E-state index contributed by atoms with van der Waals surface area (Å²) < 4.78 is 0. The minimum atomic E-state index is 0.937. The fourth-order valence-corrected chi connectivity index (χ4v) is 1.74. The third-order valence-corrected chi connectivity index (χ3v) is 2.98. The van der Waals surface area contributed by atoms with Crippen molar-refractivity contribution < 1.29 is 0 Å². The maximum absolute atomic E-state index is 2.41. The Kier molecular flexibility index (Phi) is 7.64. The van der Waals surface area contributed by atoms with Gasteiger partial charge in [-0.05, 0) is 11.8 Å². The monoisotopic (exact) mass is 170 g/mol. The van der Waals surface area contributed by atoms with Gasteiger partial charge in [-0.2, -0.15) is 0 Å². The number of hydrogen-bond acceptors (Lipinski definition) is 0. The average molecular weight is 170 g/mol. The standard InChI is InChI=1S/C12H26/c1-5-7-8-10-12(4)11(3)9-6-2/h11-12H,5-10H2,1-4H3/t11-,12+/m1/s1. The Hall–Kier alpha value is 0. The molecule has 0 N–H and O–H groups in total. The minimum Gasteiger partial charge on any atom is -0.0654 e. The molecule has 2 atom stereocenters. The first-order chi connectivity index (χ1) is 5.72. The van der Waals surface area contributed by atoms with E-state index < -0.39 is 0 Å². The Balaban J connectivity index is 3.35. The molecule has 0 aromatic carbocycles. The van der Waals surface area contributed by atoms with E-state index in [0.717, 1.165) is 11.8 Å². The molecule has 0 radical (unpaired) electrons. The van der Waals surface area contributed by atoms with Crippen molar-refractivity contribution in [1.82, 2.24) is 0 Å². The van der Waals surface area contributed by atoms with Gasteiger partial charge in [0, 0.05) is 0 Å². The van der Waals surface area contributed by atoms with Crippen LogP contribution >= 0.6 is 0 Å². The Morgan fingerprint density at radius 1 is 0.750 bits per heavy atom. The highest BCUT2D eigenvalue weighted by Crippen LogP contribution is 2.22. The van der Waals surface area contributed by atoms with Crippen molar-refractivity contribution in [3.63, 3.8) is 0 Å². The molecule has 0 aromatic rings. The molecular weight excluding hydrogens is 144 g/mol. The van der Waals surface area contributed by atoms with Crippen LogP contribution in [-0.2, 0) is 0 Å². The Morgan fingerprint density at radius 2 is 1.33 bits per heavy atom. The summed E-state index contributed by atoms with van der Waals surface area (Å²) in [5, 5.41) is 0. The predicted octanol–water partition coefficient (Wildman–Crippen LogP) is 4.64. The smallest absolute Gasteiger partial charge is 0.0417 e. The summed E-state index contributed by atoms with van der Waals surface area (Å²) in [5.74, 6) is 1.88. The van der Waals surface area contributed by atoms with Gasteiger partial charge in [-0.25, -0.2) is 0 Å². The first-order valence-corrected chi connectivity index (χ1v) is 5.72. The van der Waals surface area contributed by atoms with Gasteiger partial charge in [0.15, 0.2) is 0 Å². The molecule has 0 fully saturated rings. The van der Waals surface area contributed by atoms with Crippen LogP contribution in [0.25, 0.3) is 0 Å². The molecule has 0 bridgehead atoms. The molecule has 0 spiro atoms. The van der Waals surface area contributed by atoms with E-state index in [4.69, 9.17) is 0 Å². The molecule has 0 amide bonds. The van der Waals surface area contributed by atoms with Gasteiger partial charge < -0.3 is 0 Å². The van der Waals surface area contributed by atoms with Crippen molar-refractivity contribution in [2.75, 3.05) is 0 Å². The summed E-state index contributed by atoms with van der Waals surface area (Å²) in [6, 6.07) is 0. The third-order valence-electron chi connectivity index (χ3n) is 2.98. The molecule has 0 rings (SSSR count). The average Bonchev–Trinajstić information content (AvgIpc) is 2.05. The lowest BCUT2D eigenvalue weighted by molar-refractivity contribution is 0.331. The number of hydrogen-bond donors (Lipinski definition) is 0. The van der Waals surface area contributed by atoms with Crippen LogP contribution in [0.2, 0.25) is 0 Å². The Bertz CT molecular complexity index is 86.0. The van der Waals surface area contributed by atoms with Gasteiger partial charge in [0.1, 0.15) is 0 Å². The quantitative estimate of drug-likeness (QED) is 0.488. The van der Waals surface area contributed by atoms with Gasteiger partial charge in [0.2, 0.25) is 0 Å². The van der Waals surface area contributed by atoms with E-state index in [1.54, 1.807) is 0 Å². The Morgan fingerprint density at radius 3 is 1.83 bits per heavy atom. The molecule has 0 heterocycles. The highest BCUT2D eigenvalue weighted by atomic mass is 14.2. The zero-order valence-electron chi connectivity index (χ0n) is 9.40. The summed E-state index contributed by atoms with van der Waals surface area (Å²) in [6.45, 7) is 9.38. The lowest BCUT2D eigenvalue weighted by atomic mass is 9.88. The van der Waals surface area contributed by atoms with Gasteiger partial charge in [-0.15, -0.1) is 0 Å². The third kappa shape index (κ3) is 5.62. The molecule has 0 unspecified atom stereocenters. The van der Waals surface area contributed by atoms with E-state index in [9.17, 15) is 0 Å². The molecule has 0 aliphatic heterocycles. The van der Waals surface area contributed by atoms with Crippen LogP contribution in [0.5, 0.6) is 0 Å². The second-order valence-corrected chi connectivity index (χ2v) is 4.24. The molecule has 0 saturated carbocycles. The molecule has 0 aliphatic carbocycles. The SMILES string of the molecule is CCCCC[C@H](C)[C@H](C)CCC. The normalized spacial score (nSPS) is 16.0. The first kappa shape index (κ1) is 12.0. The lowest BCUT2D eigenvalue weighted by Gasteiger charge is -2.18. The number of rotatable bonds is 7. The lowest BCUT2D eigenvalue weighted by Crippen LogP contribution is -2.07. The molecule has 12 heavy (non-hydrogen) atoms. The summed E-state index contributed by atoms with van der Waals surface area (Å²) in [6.07, 6.45) is 8.41. The van der Waals surface area contributed by atoms with Crippen molar-refractivity contribution in [2.45, 2.75) is 66.2 Å². The van der Waals surface area contributed by atoms with Gasteiger partial charge >= 0.3 is 0 Å². The van der Waals surface area contributed by atoms with Crippen molar-refractivity contribution in [2.24, 2.45) is 11.8 Å². The van der Waals surface area contributed by atoms with E-state index in [2.05, 4.69) is 27.7 Å². The fourth-order valence-electron chi connectivity index (χ4n) is 1.74. The van der Waals surface area contributed by atoms with E-state index in [1.807, 2.05) is 0 Å². The first-order valence-electron chi connectivity index (χ1n) is 5.72. The maximum atomic E-state index is 2.41. The van der Waals surface area contributed by atoms with E-state index >= 15 is 0 Å². The molecule has 0 aromatic heterocycles. The van der Waals surface area contributed by atoms with Crippen LogP contribution in [0, 0.1) is 11.8 Å². The van der Waals surface area contributed by atoms with E-state index in [0.29, 0.717) is 0 Å². The van der Waals surface area contributed by atoms with Crippen molar-refractivity contribution >= 4 is 0 Å². The second kappa shape index (κ2) is 7.64. The highest BCUT2D eigenvalue weighted by Gasteiger charge is 2.09.